The second-order valence-electron chi connectivity index (χ2n) is 2.07. The van der Waals surface area contributed by atoms with E-state index in [-0.39, 0.29) is 10.8 Å². The van der Waals surface area contributed by atoms with Crippen molar-refractivity contribution in [1.82, 2.24) is 4.98 Å². The van der Waals surface area contributed by atoms with Crippen LogP contribution in [0.4, 0.5) is 0 Å². The van der Waals surface area contributed by atoms with E-state index in [1.165, 1.54) is 13.3 Å². The molecule has 72 valence electrons. The molecule has 7 heteroatoms. The fraction of sp³-hybridized carbons (Fsp3) is 0.167. The first-order valence-electron chi connectivity index (χ1n) is 3.10. The van der Waals surface area contributed by atoms with Gasteiger partial charge in [0.15, 0.2) is 5.75 Å². The second kappa shape index (κ2) is 3.97. The van der Waals surface area contributed by atoms with Crippen LogP contribution in [-0.4, -0.2) is 20.5 Å². The van der Waals surface area contributed by atoms with E-state index in [9.17, 15) is 8.42 Å². The van der Waals surface area contributed by atoms with Gasteiger partial charge in [0.2, 0.25) is 5.03 Å². The van der Waals surface area contributed by atoms with E-state index in [1.807, 2.05) is 22.6 Å². The molecule has 0 atom stereocenters. The highest BCUT2D eigenvalue weighted by Gasteiger charge is 2.20. The first-order chi connectivity index (χ1) is 5.96. The molecule has 0 aromatic carbocycles. The third-order valence-electron chi connectivity index (χ3n) is 1.26. The Balaban J connectivity index is 3.47. The second-order valence-corrected chi connectivity index (χ2v) is 5.71. The van der Waals surface area contributed by atoms with Crippen LogP contribution in [0.2, 0.25) is 0 Å². The molecular weight excluding hydrogens is 328 g/mol. The molecule has 1 heterocycles. The van der Waals surface area contributed by atoms with Crippen molar-refractivity contribution in [3.8, 4) is 5.75 Å². The fourth-order valence-electron chi connectivity index (χ4n) is 0.765. The molecule has 0 saturated carbocycles. The zero-order valence-corrected chi connectivity index (χ0v) is 10.2. The third-order valence-corrected chi connectivity index (χ3v) is 3.30. The minimum atomic E-state index is -3.84. The smallest absolute Gasteiger partial charge is 0.282 e. The van der Waals surface area contributed by atoms with E-state index in [0.717, 1.165) is 0 Å². The van der Waals surface area contributed by atoms with Crippen LogP contribution in [0.5, 0.6) is 5.75 Å². The Labute approximate surface area is 93.8 Å². The van der Waals surface area contributed by atoms with Crippen LogP contribution >= 0.6 is 33.3 Å². The number of halogens is 2. The van der Waals surface area contributed by atoms with Gasteiger partial charge in [0.1, 0.15) is 0 Å². The summed E-state index contributed by atoms with van der Waals surface area (Å²) in [4.78, 5) is 3.63. The summed E-state index contributed by atoms with van der Waals surface area (Å²) in [5, 5.41) is -0.247. The highest BCUT2D eigenvalue weighted by Crippen LogP contribution is 2.28. The Hall–Kier alpha value is -0.0800. The molecule has 0 bridgehead atoms. The molecule has 4 nitrogen and oxygen atoms in total. The topological polar surface area (TPSA) is 56.3 Å². The molecule has 0 spiro atoms. The summed E-state index contributed by atoms with van der Waals surface area (Å²) in [5.74, 6) is 0.179. The van der Waals surface area contributed by atoms with Crippen LogP contribution in [0.25, 0.3) is 0 Å². The maximum absolute atomic E-state index is 11.0. The van der Waals surface area contributed by atoms with Crippen molar-refractivity contribution < 1.29 is 13.2 Å². The van der Waals surface area contributed by atoms with E-state index in [4.69, 9.17) is 15.4 Å². The van der Waals surface area contributed by atoms with Crippen molar-refractivity contribution in [3.63, 3.8) is 0 Å². The molecule has 0 radical (unpaired) electrons. The molecule has 0 aliphatic carbocycles. The molecular formula is C6H5ClINO3S. The van der Waals surface area contributed by atoms with E-state index in [2.05, 4.69) is 4.98 Å². The van der Waals surface area contributed by atoms with Gasteiger partial charge in [0, 0.05) is 16.9 Å². The summed E-state index contributed by atoms with van der Waals surface area (Å²) in [6.07, 6.45) is 1.36. The Bertz CT molecular complexity index is 420. The van der Waals surface area contributed by atoms with Gasteiger partial charge in [-0.3, -0.25) is 0 Å². The quantitative estimate of drug-likeness (QED) is 0.610. The number of nitrogens with zero attached hydrogens (tertiary/aromatic N) is 1. The first kappa shape index (κ1) is 11.0. The molecule has 0 fully saturated rings. The van der Waals surface area contributed by atoms with Gasteiger partial charge >= 0.3 is 0 Å². The average Bonchev–Trinajstić information content (AvgIpc) is 2.02. The Kier molecular flexibility index (Phi) is 3.36. The van der Waals surface area contributed by atoms with Crippen LogP contribution in [0, 0.1) is 3.57 Å². The van der Waals surface area contributed by atoms with E-state index in [0.29, 0.717) is 3.57 Å². The zero-order valence-electron chi connectivity index (χ0n) is 6.49. The van der Waals surface area contributed by atoms with Gasteiger partial charge in [0.05, 0.1) is 10.7 Å². The number of ether oxygens (including phenoxy) is 1. The molecule has 0 unspecified atom stereocenters. The lowest BCUT2D eigenvalue weighted by molar-refractivity contribution is 0.395. The molecule has 0 saturated heterocycles. The summed E-state index contributed by atoms with van der Waals surface area (Å²) in [6.45, 7) is 0. The minimum Gasteiger partial charge on any atom is -0.493 e. The Morgan fingerprint density at radius 2 is 2.23 bits per heavy atom. The van der Waals surface area contributed by atoms with Crippen molar-refractivity contribution in [2.45, 2.75) is 5.03 Å². The zero-order chi connectivity index (χ0) is 10.1. The van der Waals surface area contributed by atoms with E-state index < -0.39 is 9.05 Å². The number of aromatic nitrogens is 1. The van der Waals surface area contributed by atoms with Crippen molar-refractivity contribution in [2.75, 3.05) is 7.11 Å². The maximum atomic E-state index is 11.0. The Morgan fingerprint density at radius 1 is 1.62 bits per heavy atom. The van der Waals surface area contributed by atoms with E-state index >= 15 is 0 Å². The summed E-state index contributed by atoms with van der Waals surface area (Å²) in [6, 6.07) is 1.63. The molecule has 1 aromatic heterocycles. The van der Waals surface area contributed by atoms with Gasteiger partial charge in [0.25, 0.3) is 9.05 Å². The number of rotatable bonds is 2. The van der Waals surface area contributed by atoms with Crippen LogP contribution < -0.4 is 4.74 Å². The third kappa shape index (κ3) is 2.44. The van der Waals surface area contributed by atoms with Crippen molar-refractivity contribution in [2.24, 2.45) is 0 Å². The maximum Gasteiger partial charge on any atom is 0.282 e. The van der Waals surface area contributed by atoms with Gasteiger partial charge in [-0.05, 0) is 28.7 Å². The lowest BCUT2D eigenvalue weighted by Gasteiger charge is -2.05. The van der Waals surface area contributed by atoms with Gasteiger partial charge in [-0.2, -0.15) is 0 Å². The largest absolute Gasteiger partial charge is 0.493 e. The van der Waals surface area contributed by atoms with Gasteiger partial charge in [-0.25, -0.2) is 13.4 Å². The number of methoxy groups -OCH3 is 1. The summed E-state index contributed by atoms with van der Waals surface area (Å²) in [7, 11) is 2.67. The van der Waals surface area contributed by atoms with Crippen molar-refractivity contribution in [3.05, 3.63) is 15.8 Å². The van der Waals surface area contributed by atoms with Gasteiger partial charge in [-0.1, -0.05) is 0 Å². The molecule has 13 heavy (non-hydrogen) atoms. The highest BCUT2D eigenvalue weighted by atomic mass is 127. The number of hydrogen-bond donors (Lipinski definition) is 0. The number of hydrogen-bond acceptors (Lipinski definition) is 4. The highest BCUT2D eigenvalue weighted by molar-refractivity contribution is 14.1. The number of pyridine rings is 1. The van der Waals surface area contributed by atoms with Crippen LogP contribution in [-0.2, 0) is 9.05 Å². The fourth-order valence-corrected chi connectivity index (χ4v) is 2.52. The lowest BCUT2D eigenvalue weighted by Crippen LogP contribution is -2.00. The van der Waals surface area contributed by atoms with E-state index in [1.54, 1.807) is 6.07 Å². The first-order valence-corrected chi connectivity index (χ1v) is 6.49. The molecule has 0 amide bonds. The van der Waals surface area contributed by atoms with Gasteiger partial charge < -0.3 is 4.74 Å². The Morgan fingerprint density at radius 3 is 2.62 bits per heavy atom. The van der Waals surface area contributed by atoms with Crippen LogP contribution in [0.1, 0.15) is 0 Å². The molecule has 1 aromatic rings. The summed E-state index contributed by atoms with van der Waals surface area (Å²) >= 11 is 1.94. The molecule has 0 aliphatic heterocycles. The summed E-state index contributed by atoms with van der Waals surface area (Å²) in [5.41, 5.74) is 0. The monoisotopic (exact) mass is 333 g/mol. The van der Waals surface area contributed by atoms with Gasteiger partial charge in [-0.15, -0.1) is 0 Å². The molecule has 0 aliphatic rings. The van der Waals surface area contributed by atoms with Crippen molar-refractivity contribution in [1.29, 1.82) is 0 Å². The summed E-state index contributed by atoms with van der Waals surface area (Å²) < 4.78 is 27.5. The normalized spacial score (nSPS) is 11.3. The SMILES string of the molecule is COc1c(I)ccnc1S(=O)(=O)Cl. The van der Waals surface area contributed by atoms with Crippen LogP contribution in [0.3, 0.4) is 0 Å². The predicted molar refractivity (Wildman–Crippen MR) is 56.5 cm³/mol. The molecule has 1 rings (SSSR count). The minimum absolute atomic E-state index is 0.179. The lowest BCUT2D eigenvalue weighted by atomic mass is 10.5. The molecule has 0 N–H and O–H groups in total. The predicted octanol–water partition coefficient (Wildman–Crippen LogP) is 1.62. The van der Waals surface area contributed by atoms with Crippen LogP contribution in [0.15, 0.2) is 17.3 Å². The standard InChI is InChI=1S/C6H5ClINO3S/c1-12-5-4(8)2-3-9-6(5)13(7,10)11/h2-3H,1H3. The van der Waals surface area contributed by atoms with Crippen molar-refractivity contribution >= 4 is 42.3 Å². The average molecular weight is 334 g/mol.